The molecule has 2 rings (SSSR count). The third-order valence-electron chi connectivity index (χ3n) is 4.03. The number of hydrogen-bond donors (Lipinski definition) is 1. The molecule has 0 aromatic heterocycles. The minimum atomic E-state index is 0.463. The highest BCUT2D eigenvalue weighted by Crippen LogP contribution is 2.29. The van der Waals surface area contributed by atoms with Crippen LogP contribution in [0, 0.1) is 5.92 Å². The molecular weight excluding hydrogens is 198 g/mol. The average molecular weight is 225 g/mol. The third-order valence-corrected chi connectivity index (χ3v) is 4.03. The van der Waals surface area contributed by atoms with Gasteiger partial charge in [0.15, 0.2) is 0 Å². The molecular formula is C13H27N3. The SMILES string of the molecule is CCN(CCN1CCC(N)CC1)CC1CC1. The van der Waals surface area contributed by atoms with Crippen LogP contribution in [0.4, 0.5) is 0 Å². The molecule has 2 fully saturated rings. The Kier molecular flexibility index (Phi) is 4.62. The van der Waals surface area contributed by atoms with Crippen molar-refractivity contribution in [2.75, 3.05) is 39.3 Å². The van der Waals surface area contributed by atoms with E-state index < -0.39 is 0 Å². The molecule has 16 heavy (non-hydrogen) atoms. The molecule has 2 aliphatic rings. The zero-order valence-electron chi connectivity index (χ0n) is 10.7. The first-order valence-electron chi connectivity index (χ1n) is 6.98. The van der Waals surface area contributed by atoms with Gasteiger partial charge in [-0.1, -0.05) is 6.92 Å². The minimum absolute atomic E-state index is 0.463. The van der Waals surface area contributed by atoms with Crippen molar-refractivity contribution in [1.82, 2.24) is 9.80 Å². The molecule has 1 aliphatic carbocycles. The summed E-state index contributed by atoms with van der Waals surface area (Å²) in [5, 5.41) is 0. The number of rotatable bonds is 6. The highest BCUT2D eigenvalue weighted by atomic mass is 15.2. The lowest BCUT2D eigenvalue weighted by atomic mass is 10.1. The molecule has 0 aromatic rings. The third kappa shape index (κ3) is 4.04. The van der Waals surface area contributed by atoms with E-state index in [0.29, 0.717) is 6.04 Å². The van der Waals surface area contributed by atoms with Crippen molar-refractivity contribution in [1.29, 1.82) is 0 Å². The summed E-state index contributed by atoms with van der Waals surface area (Å²) in [6.45, 7) is 9.75. The van der Waals surface area contributed by atoms with Crippen molar-refractivity contribution in [3.8, 4) is 0 Å². The van der Waals surface area contributed by atoms with E-state index in [-0.39, 0.29) is 0 Å². The predicted octanol–water partition coefficient (Wildman–Crippen LogP) is 1.14. The molecule has 0 bridgehead atoms. The van der Waals surface area contributed by atoms with E-state index >= 15 is 0 Å². The van der Waals surface area contributed by atoms with Gasteiger partial charge >= 0.3 is 0 Å². The van der Waals surface area contributed by atoms with Gasteiger partial charge in [-0.2, -0.15) is 0 Å². The number of piperidine rings is 1. The molecule has 2 N–H and O–H groups in total. The van der Waals surface area contributed by atoms with Crippen molar-refractivity contribution in [2.24, 2.45) is 11.7 Å². The lowest BCUT2D eigenvalue weighted by Gasteiger charge is -2.32. The molecule has 0 spiro atoms. The van der Waals surface area contributed by atoms with Gasteiger partial charge in [-0.05, 0) is 51.2 Å². The molecule has 0 radical (unpaired) electrons. The highest BCUT2D eigenvalue weighted by molar-refractivity contribution is 4.78. The van der Waals surface area contributed by atoms with Gasteiger partial charge in [0.05, 0.1) is 0 Å². The Hall–Kier alpha value is -0.120. The molecule has 0 amide bonds. The number of nitrogens with zero attached hydrogens (tertiary/aromatic N) is 2. The smallest absolute Gasteiger partial charge is 0.0109 e. The standard InChI is InChI=1S/C13H27N3/c1-2-15(11-12-3-4-12)9-10-16-7-5-13(14)6-8-16/h12-13H,2-11,14H2,1H3. The Morgan fingerprint density at radius 1 is 1.19 bits per heavy atom. The van der Waals surface area contributed by atoms with Crippen LogP contribution in [0.15, 0.2) is 0 Å². The highest BCUT2D eigenvalue weighted by Gasteiger charge is 2.24. The lowest BCUT2D eigenvalue weighted by Crippen LogP contribution is -2.43. The number of hydrogen-bond acceptors (Lipinski definition) is 3. The Bertz CT molecular complexity index is 195. The number of likely N-dealkylation sites (N-methyl/N-ethyl adjacent to an activating group) is 1. The Labute approximate surface area is 100.0 Å². The van der Waals surface area contributed by atoms with Crippen LogP contribution in [0.2, 0.25) is 0 Å². The lowest BCUT2D eigenvalue weighted by molar-refractivity contribution is 0.173. The fourth-order valence-corrected chi connectivity index (χ4v) is 2.50. The van der Waals surface area contributed by atoms with Crippen LogP contribution in [0.3, 0.4) is 0 Å². The topological polar surface area (TPSA) is 32.5 Å². The summed E-state index contributed by atoms with van der Waals surface area (Å²) in [7, 11) is 0. The number of nitrogens with two attached hydrogens (primary N) is 1. The molecule has 3 heteroatoms. The quantitative estimate of drug-likeness (QED) is 0.736. The fourth-order valence-electron chi connectivity index (χ4n) is 2.50. The first kappa shape index (κ1) is 12.3. The van der Waals surface area contributed by atoms with Gasteiger partial charge in [-0.25, -0.2) is 0 Å². The van der Waals surface area contributed by atoms with Crippen LogP contribution in [-0.4, -0.2) is 55.1 Å². The molecule has 3 nitrogen and oxygen atoms in total. The second-order valence-corrected chi connectivity index (χ2v) is 5.52. The second-order valence-electron chi connectivity index (χ2n) is 5.52. The van der Waals surface area contributed by atoms with Gasteiger partial charge in [0.2, 0.25) is 0 Å². The summed E-state index contributed by atoms with van der Waals surface area (Å²) in [5.74, 6) is 1.02. The average Bonchev–Trinajstić information content (AvgIpc) is 3.10. The molecule has 1 saturated heterocycles. The summed E-state index contributed by atoms with van der Waals surface area (Å²) >= 11 is 0. The maximum atomic E-state index is 5.92. The largest absolute Gasteiger partial charge is 0.328 e. The van der Waals surface area contributed by atoms with Crippen LogP contribution >= 0.6 is 0 Å². The zero-order valence-corrected chi connectivity index (χ0v) is 10.7. The van der Waals surface area contributed by atoms with Gasteiger partial charge in [0.25, 0.3) is 0 Å². The summed E-state index contributed by atoms with van der Waals surface area (Å²) in [4.78, 5) is 5.20. The van der Waals surface area contributed by atoms with Crippen LogP contribution in [0.1, 0.15) is 32.6 Å². The van der Waals surface area contributed by atoms with E-state index in [0.717, 1.165) is 5.92 Å². The second kappa shape index (κ2) is 5.99. The van der Waals surface area contributed by atoms with Crippen molar-refractivity contribution < 1.29 is 0 Å². The maximum absolute atomic E-state index is 5.92. The summed E-state index contributed by atoms with van der Waals surface area (Å²) in [6, 6.07) is 0.463. The molecule has 1 aliphatic heterocycles. The molecule has 0 aromatic carbocycles. The molecule has 1 heterocycles. The van der Waals surface area contributed by atoms with E-state index in [2.05, 4.69) is 16.7 Å². The monoisotopic (exact) mass is 225 g/mol. The van der Waals surface area contributed by atoms with E-state index in [1.807, 2.05) is 0 Å². The summed E-state index contributed by atoms with van der Waals surface area (Å²) in [6.07, 6.45) is 5.31. The van der Waals surface area contributed by atoms with Gasteiger partial charge in [0.1, 0.15) is 0 Å². The van der Waals surface area contributed by atoms with Gasteiger partial charge in [-0.15, -0.1) is 0 Å². The Morgan fingerprint density at radius 2 is 1.88 bits per heavy atom. The molecule has 94 valence electrons. The van der Waals surface area contributed by atoms with E-state index in [4.69, 9.17) is 5.73 Å². The van der Waals surface area contributed by atoms with Gasteiger partial charge in [0, 0.05) is 25.7 Å². The van der Waals surface area contributed by atoms with E-state index in [9.17, 15) is 0 Å². The summed E-state index contributed by atoms with van der Waals surface area (Å²) in [5.41, 5.74) is 5.92. The molecule has 0 atom stereocenters. The van der Waals surface area contributed by atoms with Crippen molar-refractivity contribution in [3.63, 3.8) is 0 Å². The maximum Gasteiger partial charge on any atom is 0.0109 e. The van der Waals surface area contributed by atoms with Gasteiger partial charge < -0.3 is 15.5 Å². The predicted molar refractivity (Wildman–Crippen MR) is 68.5 cm³/mol. The van der Waals surface area contributed by atoms with Crippen LogP contribution in [-0.2, 0) is 0 Å². The minimum Gasteiger partial charge on any atom is -0.328 e. The normalized spacial score (nSPS) is 24.2. The molecule has 1 saturated carbocycles. The van der Waals surface area contributed by atoms with E-state index in [1.165, 1.54) is 65.0 Å². The first-order valence-corrected chi connectivity index (χ1v) is 6.98. The molecule has 0 unspecified atom stereocenters. The van der Waals surface area contributed by atoms with Crippen molar-refractivity contribution >= 4 is 0 Å². The van der Waals surface area contributed by atoms with Crippen molar-refractivity contribution in [3.05, 3.63) is 0 Å². The fraction of sp³-hybridized carbons (Fsp3) is 1.00. The summed E-state index contributed by atoms with van der Waals surface area (Å²) < 4.78 is 0. The van der Waals surface area contributed by atoms with Gasteiger partial charge in [-0.3, -0.25) is 0 Å². The van der Waals surface area contributed by atoms with Crippen LogP contribution < -0.4 is 5.73 Å². The van der Waals surface area contributed by atoms with Crippen molar-refractivity contribution in [2.45, 2.75) is 38.6 Å². The Balaban J connectivity index is 1.60. The van der Waals surface area contributed by atoms with Crippen LogP contribution in [0.5, 0.6) is 0 Å². The first-order chi connectivity index (χ1) is 7.78. The van der Waals surface area contributed by atoms with E-state index in [1.54, 1.807) is 0 Å². The Morgan fingerprint density at radius 3 is 2.44 bits per heavy atom. The van der Waals surface area contributed by atoms with Crippen LogP contribution in [0.25, 0.3) is 0 Å². The number of likely N-dealkylation sites (tertiary alicyclic amines) is 1. The zero-order chi connectivity index (χ0) is 11.4.